The summed E-state index contributed by atoms with van der Waals surface area (Å²) >= 11 is 0. The summed E-state index contributed by atoms with van der Waals surface area (Å²) in [6.45, 7) is 3.57. The minimum Gasteiger partial charge on any atom is -0.490 e. The normalized spacial score (nSPS) is 24.0. The van der Waals surface area contributed by atoms with E-state index in [0.717, 1.165) is 19.3 Å². The van der Waals surface area contributed by atoms with E-state index in [2.05, 4.69) is 0 Å². The Morgan fingerprint density at radius 3 is 2.65 bits per heavy atom. The van der Waals surface area contributed by atoms with E-state index in [1.807, 2.05) is 6.92 Å². The van der Waals surface area contributed by atoms with Crippen molar-refractivity contribution in [2.45, 2.75) is 32.2 Å². The third kappa shape index (κ3) is 3.25. The van der Waals surface area contributed by atoms with Crippen molar-refractivity contribution in [3.05, 3.63) is 23.8 Å². The van der Waals surface area contributed by atoms with Gasteiger partial charge in [0.1, 0.15) is 0 Å². The molecular weight excluding hydrogens is 296 g/mol. The Labute approximate surface area is 135 Å². The number of nitrogens with zero attached hydrogens (tertiary/aromatic N) is 1. The molecule has 23 heavy (non-hydrogen) atoms. The van der Waals surface area contributed by atoms with Crippen LogP contribution >= 0.6 is 0 Å². The van der Waals surface area contributed by atoms with Crippen LogP contribution in [-0.2, 0) is 4.79 Å². The van der Waals surface area contributed by atoms with E-state index < -0.39 is 0 Å². The number of primary amides is 1. The minimum atomic E-state index is -0.339. The molecule has 2 heterocycles. The molecule has 1 aromatic rings. The summed E-state index contributed by atoms with van der Waals surface area (Å²) in [5.74, 6) is 0.563. The van der Waals surface area contributed by atoms with Crippen LogP contribution in [0.3, 0.4) is 0 Å². The predicted octanol–water partition coefficient (Wildman–Crippen LogP) is 1.57. The van der Waals surface area contributed by atoms with Crippen molar-refractivity contribution < 1.29 is 19.1 Å². The molecule has 6 heteroatoms. The average Bonchev–Trinajstić information content (AvgIpc) is 2.79. The lowest BCUT2D eigenvalue weighted by Gasteiger charge is -2.37. The second kappa shape index (κ2) is 6.48. The summed E-state index contributed by atoms with van der Waals surface area (Å²) in [7, 11) is 0. The number of carbonyl (C=O) groups excluding carboxylic acids is 2. The van der Waals surface area contributed by atoms with Crippen molar-refractivity contribution in [2.75, 3.05) is 19.8 Å². The summed E-state index contributed by atoms with van der Waals surface area (Å²) in [4.78, 5) is 26.0. The van der Waals surface area contributed by atoms with Crippen LogP contribution in [0, 0.1) is 5.92 Å². The van der Waals surface area contributed by atoms with Crippen LogP contribution in [0.2, 0.25) is 0 Å². The van der Waals surface area contributed by atoms with Gasteiger partial charge in [0.2, 0.25) is 5.91 Å². The number of hydrogen-bond donors (Lipinski definition) is 1. The van der Waals surface area contributed by atoms with Crippen LogP contribution in [0.4, 0.5) is 0 Å². The zero-order valence-corrected chi connectivity index (χ0v) is 13.3. The van der Waals surface area contributed by atoms with E-state index in [0.29, 0.717) is 36.8 Å². The molecule has 0 bridgehead atoms. The summed E-state index contributed by atoms with van der Waals surface area (Å²) in [6.07, 6.45) is 2.34. The van der Waals surface area contributed by atoms with Gasteiger partial charge in [-0.2, -0.15) is 0 Å². The summed E-state index contributed by atoms with van der Waals surface area (Å²) in [6, 6.07) is 5.34. The molecule has 0 radical (unpaired) electrons. The number of hydrogen-bond acceptors (Lipinski definition) is 4. The first-order valence-electron chi connectivity index (χ1n) is 8.06. The van der Waals surface area contributed by atoms with Crippen LogP contribution in [0.15, 0.2) is 18.2 Å². The lowest BCUT2D eigenvalue weighted by atomic mass is 9.92. The number of carbonyl (C=O) groups is 2. The van der Waals surface area contributed by atoms with Gasteiger partial charge in [0.25, 0.3) is 5.91 Å². The van der Waals surface area contributed by atoms with Crippen molar-refractivity contribution in [1.82, 2.24) is 4.90 Å². The highest BCUT2D eigenvalue weighted by molar-refractivity contribution is 5.95. The van der Waals surface area contributed by atoms with Gasteiger partial charge in [0.15, 0.2) is 11.5 Å². The van der Waals surface area contributed by atoms with Crippen LogP contribution in [0.25, 0.3) is 0 Å². The molecule has 6 nitrogen and oxygen atoms in total. The van der Waals surface area contributed by atoms with E-state index in [1.54, 1.807) is 23.1 Å². The van der Waals surface area contributed by atoms with E-state index in [1.165, 1.54) is 0 Å². The first kappa shape index (κ1) is 15.6. The molecule has 2 unspecified atom stereocenters. The monoisotopic (exact) mass is 318 g/mol. The largest absolute Gasteiger partial charge is 0.490 e. The Hall–Kier alpha value is -2.24. The number of amides is 2. The minimum absolute atomic E-state index is 0.0917. The van der Waals surface area contributed by atoms with Crippen LogP contribution in [0.1, 0.15) is 36.5 Å². The SMILES string of the molecule is CC1CCC(C(N)=O)CN1C(=O)c1ccc2c(c1)OCCCO2. The zero-order chi connectivity index (χ0) is 16.4. The van der Waals surface area contributed by atoms with Crippen LogP contribution < -0.4 is 15.2 Å². The third-order valence-corrected chi connectivity index (χ3v) is 4.54. The number of piperidine rings is 1. The van der Waals surface area contributed by atoms with Crippen LogP contribution in [0.5, 0.6) is 11.5 Å². The molecule has 2 N–H and O–H groups in total. The number of rotatable bonds is 2. The maximum atomic E-state index is 12.8. The van der Waals surface area contributed by atoms with E-state index in [4.69, 9.17) is 15.2 Å². The van der Waals surface area contributed by atoms with Crippen molar-refractivity contribution >= 4 is 11.8 Å². The molecule has 1 aromatic carbocycles. The number of likely N-dealkylation sites (tertiary alicyclic amines) is 1. The predicted molar refractivity (Wildman–Crippen MR) is 84.5 cm³/mol. The molecule has 3 rings (SSSR count). The van der Waals surface area contributed by atoms with Gasteiger partial charge in [0.05, 0.1) is 19.1 Å². The molecule has 2 aliphatic rings. The fourth-order valence-corrected chi connectivity index (χ4v) is 3.08. The Morgan fingerprint density at radius 1 is 1.17 bits per heavy atom. The Bertz CT molecular complexity index is 617. The average molecular weight is 318 g/mol. The van der Waals surface area contributed by atoms with Gasteiger partial charge in [0, 0.05) is 24.6 Å². The topological polar surface area (TPSA) is 81.9 Å². The standard InChI is InChI=1S/C17H22N2O4/c1-11-3-4-13(16(18)20)10-19(11)17(21)12-5-6-14-15(9-12)23-8-2-7-22-14/h5-6,9,11,13H,2-4,7-8,10H2,1H3,(H2,18,20). The van der Waals surface area contributed by atoms with Gasteiger partial charge in [-0.1, -0.05) is 0 Å². The van der Waals surface area contributed by atoms with Gasteiger partial charge >= 0.3 is 0 Å². The van der Waals surface area contributed by atoms with Crippen molar-refractivity contribution in [3.8, 4) is 11.5 Å². The number of ether oxygens (including phenoxy) is 2. The Kier molecular flexibility index (Phi) is 4.41. The maximum Gasteiger partial charge on any atom is 0.254 e. The second-order valence-corrected chi connectivity index (χ2v) is 6.20. The lowest BCUT2D eigenvalue weighted by Crippen LogP contribution is -2.48. The lowest BCUT2D eigenvalue weighted by molar-refractivity contribution is -0.123. The first-order valence-corrected chi connectivity index (χ1v) is 8.06. The van der Waals surface area contributed by atoms with E-state index in [9.17, 15) is 9.59 Å². The van der Waals surface area contributed by atoms with Gasteiger partial charge in [-0.05, 0) is 38.0 Å². The Balaban J connectivity index is 1.81. The highest BCUT2D eigenvalue weighted by atomic mass is 16.5. The quantitative estimate of drug-likeness (QED) is 0.897. The van der Waals surface area contributed by atoms with Crippen LogP contribution in [-0.4, -0.2) is 42.5 Å². The molecule has 2 amide bonds. The maximum absolute atomic E-state index is 12.8. The van der Waals surface area contributed by atoms with Crippen molar-refractivity contribution in [3.63, 3.8) is 0 Å². The summed E-state index contributed by atoms with van der Waals surface area (Å²) < 4.78 is 11.2. The molecule has 0 spiro atoms. The fourth-order valence-electron chi connectivity index (χ4n) is 3.08. The zero-order valence-electron chi connectivity index (χ0n) is 13.3. The first-order chi connectivity index (χ1) is 11.1. The molecular formula is C17H22N2O4. The Morgan fingerprint density at radius 2 is 1.91 bits per heavy atom. The van der Waals surface area contributed by atoms with Gasteiger partial charge in [-0.15, -0.1) is 0 Å². The molecule has 2 aliphatic heterocycles. The molecule has 2 atom stereocenters. The highest BCUT2D eigenvalue weighted by Crippen LogP contribution is 2.32. The molecule has 0 saturated carbocycles. The molecule has 0 aromatic heterocycles. The fraction of sp³-hybridized carbons (Fsp3) is 0.529. The molecule has 1 fully saturated rings. The second-order valence-electron chi connectivity index (χ2n) is 6.20. The van der Waals surface area contributed by atoms with Crippen molar-refractivity contribution in [1.29, 1.82) is 0 Å². The van der Waals surface area contributed by atoms with Gasteiger partial charge in [-0.3, -0.25) is 9.59 Å². The number of fused-ring (bicyclic) bond motifs is 1. The summed E-state index contributed by atoms with van der Waals surface area (Å²) in [5, 5.41) is 0. The van der Waals surface area contributed by atoms with E-state index in [-0.39, 0.29) is 23.8 Å². The van der Waals surface area contributed by atoms with Crippen molar-refractivity contribution in [2.24, 2.45) is 11.7 Å². The number of benzene rings is 1. The molecule has 1 saturated heterocycles. The van der Waals surface area contributed by atoms with Gasteiger partial charge in [-0.25, -0.2) is 0 Å². The molecule has 0 aliphatic carbocycles. The molecule has 124 valence electrons. The van der Waals surface area contributed by atoms with E-state index >= 15 is 0 Å². The smallest absolute Gasteiger partial charge is 0.254 e. The third-order valence-electron chi connectivity index (χ3n) is 4.54. The number of nitrogens with two attached hydrogens (primary N) is 1. The highest BCUT2D eigenvalue weighted by Gasteiger charge is 2.32. The van der Waals surface area contributed by atoms with Gasteiger partial charge < -0.3 is 20.1 Å². The summed E-state index contributed by atoms with van der Waals surface area (Å²) in [5.41, 5.74) is 5.96.